The van der Waals surface area contributed by atoms with Crippen LogP contribution >= 0.6 is 0 Å². The predicted molar refractivity (Wildman–Crippen MR) is 35.1 cm³/mol. The number of aliphatic hydroxyl groups is 2. The summed E-state index contributed by atoms with van der Waals surface area (Å²) in [6.45, 7) is 1.67. The van der Waals surface area contributed by atoms with Crippen LogP contribution in [0.4, 0.5) is 4.79 Å². The molecular weight excluding hydrogens is 168 g/mol. The van der Waals surface area contributed by atoms with Crippen molar-refractivity contribution in [1.29, 1.82) is 0 Å². The van der Waals surface area contributed by atoms with Crippen LogP contribution in [0.3, 0.4) is 0 Å². The topological polar surface area (TPSA) is 159 Å². The first-order valence-corrected chi connectivity index (χ1v) is 3.24. The third kappa shape index (κ3) is 486. The van der Waals surface area contributed by atoms with Gasteiger partial charge in [-0.3, -0.25) is 0 Å². The Balaban J connectivity index is -0.000000101. The van der Waals surface area contributed by atoms with Gasteiger partial charge >= 0.3 is 0 Å². The Morgan fingerprint density at radius 1 is 1.08 bits per heavy atom. The maximum atomic E-state index is 8.33. The second-order valence-electron chi connectivity index (χ2n) is 1.40. The molecule has 0 heterocycles. The van der Waals surface area contributed by atoms with E-state index in [1.165, 1.54) is 0 Å². The second-order valence-corrected chi connectivity index (χ2v) is 1.40. The number of hydrogen-bond acceptors (Lipinski definition) is 5. The Bertz CT molecular complexity index is 68.2. The van der Waals surface area contributed by atoms with Crippen molar-refractivity contribution >= 4 is 6.16 Å². The van der Waals surface area contributed by atoms with Crippen molar-refractivity contribution in [1.82, 2.24) is 0 Å². The van der Waals surface area contributed by atoms with Gasteiger partial charge in [-0.2, -0.15) is 0 Å². The fourth-order valence-corrected chi connectivity index (χ4v) is 0. The molecule has 0 unspecified atom stereocenters. The van der Waals surface area contributed by atoms with E-state index in [1.807, 2.05) is 0 Å². The van der Waals surface area contributed by atoms with E-state index in [9.17, 15) is 0 Å². The van der Waals surface area contributed by atoms with Crippen molar-refractivity contribution in [3.05, 3.63) is 0 Å². The van der Waals surface area contributed by atoms with Crippen molar-refractivity contribution in [3.63, 3.8) is 0 Å². The highest BCUT2D eigenvalue weighted by atomic mass is 16.6. The van der Waals surface area contributed by atoms with Gasteiger partial charge in [0.2, 0.25) is 0 Å². The van der Waals surface area contributed by atoms with Crippen molar-refractivity contribution in [3.8, 4) is 0 Å². The molecule has 0 saturated heterocycles. The average molecular weight is 184 g/mol. The van der Waals surface area contributed by atoms with Gasteiger partial charge in [0.15, 0.2) is 0 Å². The highest BCUT2D eigenvalue weighted by Crippen LogP contribution is 1.29. The van der Waals surface area contributed by atoms with E-state index >= 15 is 0 Å². The molecule has 0 fully saturated rings. The third-order valence-corrected chi connectivity index (χ3v) is 0.316. The van der Waals surface area contributed by atoms with Crippen LogP contribution in [0, 0.1) is 0 Å². The molecule has 76 valence electrons. The van der Waals surface area contributed by atoms with Crippen molar-refractivity contribution in [2.24, 2.45) is 0 Å². The maximum Gasteiger partial charge on any atom is 0.0974 e. The number of hydrogen-bond donors (Lipinski definition) is 4. The van der Waals surface area contributed by atoms with Crippen LogP contribution in [0.2, 0.25) is 0 Å². The second kappa shape index (κ2) is 22.5. The first-order valence-electron chi connectivity index (χ1n) is 3.24. The third-order valence-electron chi connectivity index (χ3n) is 0.316. The van der Waals surface area contributed by atoms with Gasteiger partial charge in [-0.15, -0.1) is 0 Å². The molecule has 0 rings (SSSR count). The SMILES string of the molecule is O=C([O-])[O-].[NH3+]CCO.[NH3+]CCO. The Kier molecular flexibility index (Phi) is 32.3. The summed E-state index contributed by atoms with van der Waals surface area (Å²) in [7, 11) is 0. The van der Waals surface area contributed by atoms with Gasteiger partial charge < -0.3 is 36.7 Å². The summed E-state index contributed by atoms with van der Waals surface area (Å²) in [6, 6.07) is 0. The van der Waals surface area contributed by atoms with Gasteiger partial charge in [-0.1, -0.05) is 0 Å². The first kappa shape index (κ1) is 17.3. The summed E-state index contributed by atoms with van der Waals surface area (Å²) in [6.07, 6.45) is -2.33. The molecule has 0 saturated carbocycles. The lowest BCUT2D eigenvalue weighted by atomic mass is 10.8. The summed E-state index contributed by atoms with van der Waals surface area (Å²) in [5, 5.41) is 32.3. The van der Waals surface area contributed by atoms with Gasteiger partial charge in [0.1, 0.15) is 0 Å². The first-order chi connectivity index (χ1) is 5.56. The molecule has 0 aromatic carbocycles. The largest absolute Gasteiger partial charge is 0.652 e. The standard InChI is InChI=1S/2C2H7NO.CH2O3/c2*3-1-2-4;2-1(3)4/h2*4H,1-3H2;(H2,2,3,4). The molecule has 0 radical (unpaired) electrons. The molecule has 0 aliphatic heterocycles. The number of carbonyl (C=O) groups is 1. The summed E-state index contributed by atoms with van der Waals surface area (Å²) in [5.74, 6) is 0. The molecule has 0 amide bonds. The van der Waals surface area contributed by atoms with E-state index in [0.717, 1.165) is 0 Å². The van der Waals surface area contributed by atoms with Crippen molar-refractivity contribution < 1.29 is 36.7 Å². The molecule has 0 aliphatic rings. The molecule has 0 aliphatic carbocycles. The number of quaternary nitrogens is 2. The Morgan fingerprint density at radius 2 is 1.17 bits per heavy atom. The molecule has 0 aromatic heterocycles. The lowest BCUT2D eigenvalue weighted by Crippen LogP contribution is -2.51. The van der Waals surface area contributed by atoms with Gasteiger partial charge in [0.25, 0.3) is 0 Å². The highest BCUT2D eigenvalue weighted by molar-refractivity contribution is 5.47. The summed E-state index contributed by atoms with van der Waals surface area (Å²) < 4.78 is 0. The van der Waals surface area contributed by atoms with Crippen LogP contribution in [0.15, 0.2) is 0 Å². The maximum absolute atomic E-state index is 8.33. The molecule has 7 nitrogen and oxygen atoms in total. The molecule has 0 atom stereocenters. The van der Waals surface area contributed by atoms with Gasteiger partial charge in [-0.05, 0) is 6.16 Å². The Hall–Kier alpha value is -0.890. The monoisotopic (exact) mass is 184 g/mol. The minimum absolute atomic E-state index is 0.208. The fraction of sp³-hybridized carbons (Fsp3) is 0.800. The zero-order chi connectivity index (χ0) is 10.4. The molecule has 0 spiro atoms. The van der Waals surface area contributed by atoms with Crippen molar-refractivity contribution in [2.45, 2.75) is 0 Å². The molecule has 0 aromatic rings. The summed E-state index contributed by atoms with van der Waals surface area (Å²) >= 11 is 0. The highest BCUT2D eigenvalue weighted by Gasteiger charge is 1.61. The van der Waals surface area contributed by atoms with Gasteiger partial charge in [0, 0.05) is 0 Å². The van der Waals surface area contributed by atoms with E-state index in [-0.39, 0.29) is 13.2 Å². The molecule has 0 bridgehead atoms. The van der Waals surface area contributed by atoms with E-state index in [0.29, 0.717) is 13.1 Å². The van der Waals surface area contributed by atoms with Crippen LogP contribution in [0.5, 0.6) is 0 Å². The van der Waals surface area contributed by atoms with Crippen LogP contribution < -0.4 is 21.7 Å². The van der Waals surface area contributed by atoms with E-state index in [4.69, 9.17) is 25.2 Å². The van der Waals surface area contributed by atoms with Gasteiger partial charge in [0.05, 0.1) is 26.3 Å². The minimum atomic E-state index is -2.33. The van der Waals surface area contributed by atoms with Crippen LogP contribution in [0.1, 0.15) is 0 Å². The molecule has 7 heteroatoms. The van der Waals surface area contributed by atoms with Crippen LogP contribution in [0.25, 0.3) is 0 Å². The Morgan fingerprint density at radius 3 is 1.17 bits per heavy atom. The van der Waals surface area contributed by atoms with Crippen LogP contribution in [-0.2, 0) is 0 Å². The summed E-state index contributed by atoms with van der Waals surface area (Å²) in [5.41, 5.74) is 6.71. The molecule has 8 N–H and O–H groups in total. The fourth-order valence-electron chi connectivity index (χ4n) is 0. The lowest BCUT2D eigenvalue weighted by molar-refractivity contribution is -0.415. The normalized spacial score (nSPS) is 7.00. The minimum Gasteiger partial charge on any atom is -0.652 e. The number of aliphatic hydroxyl groups excluding tert-OH is 2. The van der Waals surface area contributed by atoms with E-state index in [1.54, 1.807) is 0 Å². The predicted octanol–water partition coefficient (Wildman–Crippen LogP) is -6.01. The smallest absolute Gasteiger partial charge is 0.0974 e. The number of carbonyl (C=O) groups excluding carboxylic acids is 1. The van der Waals surface area contributed by atoms with Crippen molar-refractivity contribution in [2.75, 3.05) is 26.3 Å². The summed E-state index contributed by atoms with van der Waals surface area (Å²) in [4.78, 5) is 8.33. The number of rotatable bonds is 2. The quantitative estimate of drug-likeness (QED) is 0.335. The Labute approximate surface area is 70.2 Å². The zero-order valence-corrected chi connectivity index (χ0v) is 6.86. The lowest BCUT2D eigenvalue weighted by Gasteiger charge is -1.96. The van der Waals surface area contributed by atoms with Crippen LogP contribution in [-0.4, -0.2) is 42.7 Å². The van der Waals surface area contributed by atoms with E-state index < -0.39 is 6.16 Å². The zero-order valence-electron chi connectivity index (χ0n) is 6.86. The molecule has 12 heavy (non-hydrogen) atoms. The average Bonchev–Trinajstić information content (AvgIpc) is 2.03. The van der Waals surface area contributed by atoms with E-state index in [2.05, 4.69) is 11.5 Å². The number of carboxylic acid groups (broad SMARTS) is 2. The molecular formula is C5H16N2O5. The van der Waals surface area contributed by atoms with Gasteiger partial charge in [-0.25, -0.2) is 0 Å².